The minimum absolute atomic E-state index is 0.0102. The van der Waals surface area contributed by atoms with Gasteiger partial charge in [0, 0.05) is 6.07 Å². The van der Waals surface area contributed by atoms with Gasteiger partial charge in [-0.25, -0.2) is 22.2 Å². The molecule has 0 saturated heterocycles. The van der Waals surface area contributed by atoms with E-state index in [0.29, 0.717) is 11.0 Å². The van der Waals surface area contributed by atoms with Crippen LogP contribution in [0.3, 0.4) is 0 Å². The Morgan fingerprint density at radius 1 is 1.05 bits per heavy atom. The quantitative estimate of drug-likeness (QED) is 0.781. The number of nitrogens with one attached hydrogen (secondary N) is 2. The molecule has 0 aliphatic rings. The molecule has 3 rings (SSSR count). The topological polar surface area (TPSA) is 74.8 Å². The first-order valence-corrected chi connectivity index (χ1v) is 7.35. The number of benzene rings is 2. The number of aromatic nitrogens is 2. The average Bonchev–Trinajstić information content (AvgIpc) is 2.90. The highest BCUT2D eigenvalue weighted by Crippen LogP contribution is 2.20. The van der Waals surface area contributed by atoms with Crippen LogP contribution >= 0.6 is 0 Å². The van der Waals surface area contributed by atoms with Crippen LogP contribution in [0.25, 0.3) is 11.0 Å². The Morgan fingerprint density at radius 2 is 1.86 bits per heavy atom. The van der Waals surface area contributed by atoms with Crippen molar-refractivity contribution in [3.05, 3.63) is 54.4 Å². The lowest BCUT2D eigenvalue weighted by molar-refractivity contribution is 0.509. The summed E-state index contributed by atoms with van der Waals surface area (Å²) in [7, 11) is -3.90. The van der Waals surface area contributed by atoms with Crippen molar-refractivity contribution in [1.82, 2.24) is 9.97 Å². The molecule has 0 bridgehead atoms. The van der Waals surface area contributed by atoms with E-state index >= 15 is 0 Å². The molecular weight excluding hydrogens is 300 g/mol. The molecular formula is C13H9F2N3O2S. The number of aromatic amines is 1. The summed E-state index contributed by atoms with van der Waals surface area (Å²) in [5, 5.41) is 0. The highest BCUT2D eigenvalue weighted by atomic mass is 32.2. The molecule has 0 saturated carbocycles. The number of rotatable bonds is 3. The molecule has 2 N–H and O–H groups in total. The average molecular weight is 309 g/mol. The summed E-state index contributed by atoms with van der Waals surface area (Å²) in [6.45, 7) is 0. The SMILES string of the molecule is O=S(=O)(Nc1ccc(F)c(F)c1)c1ccc2nc[nH]c2c1. The monoisotopic (exact) mass is 309 g/mol. The third kappa shape index (κ3) is 2.57. The van der Waals surface area contributed by atoms with Gasteiger partial charge in [-0.2, -0.15) is 0 Å². The maximum absolute atomic E-state index is 13.1. The standard InChI is InChI=1S/C13H9F2N3O2S/c14-10-3-1-8(5-11(10)15)18-21(19,20)9-2-4-12-13(6-9)17-7-16-12/h1-7,18H,(H,16,17). The number of anilines is 1. The highest BCUT2D eigenvalue weighted by Gasteiger charge is 2.16. The Labute approximate surface area is 118 Å². The van der Waals surface area contributed by atoms with Crippen molar-refractivity contribution in [1.29, 1.82) is 0 Å². The van der Waals surface area contributed by atoms with Gasteiger partial charge >= 0.3 is 0 Å². The van der Waals surface area contributed by atoms with Crippen molar-refractivity contribution in [3.63, 3.8) is 0 Å². The molecule has 0 aliphatic heterocycles. The van der Waals surface area contributed by atoms with E-state index in [1.165, 1.54) is 18.5 Å². The number of fused-ring (bicyclic) bond motifs is 1. The van der Waals surface area contributed by atoms with Gasteiger partial charge in [0.2, 0.25) is 0 Å². The minimum Gasteiger partial charge on any atom is -0.345 e. The second kappa shape index (κ2) is 4.81. The molecule has 0 radical (unpaired) electrons. The largest absolute Gasteiger partial charge is 0.345 e. The van der Waals surface area contributed by atoms with Gasteiger partial charge in [0.05, 0.1) is 27.9 Å². The fraction of sp³-hybridized carbons (Fsp3) is 0. The van der Waals surface area contributed by atoms with Crippen LogP contribution in [0.4, 0.5) is 14.5 Å². The van der Waals surface area contributed by atoms with E-state index in [0.717, 1.165) is 18.2 Å². The van der Waals surface area contributed by atoms with Gasteiger partial charge in [0.15, 0.2) is 11.6 Å². The number of nitrogens with zero attached hydrogens (tertiary/aromatic N) is 1. The zero-order valence-corrected chi connectivity index (χ0v) is 11.3. The molecule has 1 aromatic heterocycles. The van der Waals surface area contributed by atoms with E-state index in [2.05, 4.69) is 14.7 Å². The first kappa shape index (κ1) is 13.5. The second-order valence-electron chi connectivity index (χ2n) is 4.32. The summed E-state index contributed by atoms with van der Waals surface area (Å²) in [6.07, 6.45) is 1.45. The number of hydrogen-bond acceptors (Lipinski definition) is 3. The number of imidazole rings is 1. The van der Waals surface area contributed by atoms with Crippen molar-refractivity contribution in [2.75, 3.05) is 4.72 Å². The van der Waals surface area contributed by atoms with Gasteiger partial charge in [-0.15, -0.1) is 0 Å². The van der Waals surface area contributed by atoms with Crippen LogP contribution in [0.1, 0.15) is 0 Å². The minimum atomic E-state index is -3.90. The smallest absolute Gasteiger partial charge is 0.261 e. The van der Waals surface area contributed by atoms with Crippen LogP contribution in [0.15, 0.2) is 47.6 Å². The van der Waals surface area contributed by atoms with Crippen molar-refractivity contribution in [2.24, 2.45) is 0 Å². The lowest BCUT2D eigenvalue weighted by Crippen LogP contribution is -2.13. The molecule has 0 fully saturated rings. The molecule has 1 heterocycles. The van der Waals surface area contributed by atoms with Crippen LogP contribution in [0.5, 0.6) is 0 Å². The maximum Gasteiger partial charge on any atom is 0.261 e. The molecule has 5 nitrogen and oxygen atoms in total. The summed E-state index contributed by atoms with van der Waals surface area (Å²) in [5.41, 5.74) is 1.13. The Morgan fingerprint density at radius 3 is 2.62 bits per heavy atom. The Balaban J connectivity index is 1.97. The van der Waals surface area contributed by atoms with Crippen LogP contribution in [-0.2, 0) is 10.0 Å². The van der Waals surface area contributed by atoms with E-state index in [-0.39, 0.29) is 10.6 Å². The van der Waals surface area contributed by atoms with Gasteiger partial charge in [-0.05, 0) is 30.3 Å². The van der Waals surface area contributed by atoms with E-state index < -0.39 is 21.7 Å². The van der Waals surface area contributed by atoms with E-state index in [9.17, 15) is 17.2 Å². The third-order valence-electron chi connectivity index (χ3n) is 2.87. The van der Waals surface area contributed by atoms with Crippen LogP contribution in [0, 0.1) is 11.6 Å². The predicted molar refractivity (Wildman–Crippen MR) is 73.3 cm³/mol. The molecule has 0 spiro atoms. The molecule has 0 atom stereocenters. The van der Waals surface area contributed by atoms with E-state index in [1.54, 1.807) is 6.07 Å². The number of hydrogen-bond donors (Lipinski definition) is 2. The lowest BCUT2D eigenvalue weighted by atomic mass is 10.3. The number of halogens is 2. The molecule has 0 aliphatic carbocycles. The summed E-state index contributed by atoms with van der Waals surface area (Å²) in [5.74, 6) is -2.17. The van der Waals surface area contributed by atoms with E-state index in [1.807, 2.05) is 0 Å². The zero-order chi connectivity index (χ0) is 15.0. The fourth-order valence-electron chi connectivity index (χ4n) is 1.86. The first-order chi connectivity index (χ1) is 9.95. The first-order valence-electron chi connectivity index (χ1n) is 5.87. The van der Waals surface area contributed by atoms with Gasteiger partial charge in [-0.1, -0.05) is 0 Å². The lowest BCUT2D eigenvalue weighted by Gasteiger charge is -2.08. The Hall–Kier alpha value is -2.48. The molecule has 2 aromatic carbocycles. The number of sulfonamides is 1. The van der Waals surface area contributed by atoms with Gasteiger partial charge in [0.1, 0.15) is 0 Å². The fourth-order valence-corrected chi connectivity index (χ4v) is 2.93. The van der Waals surface area contributed by atoms with Crippen molar-refractivity contribution in [3.8, 4) is 0 Å². The zero-order valence-electron chi connectivity index (χ0n) is 10.5. The highest BCUT2D eigenvalue weighted by molar-refractivity contribution is 7.92. The Kier molecular flexibility index (Phi) is 3.09. The van der Waals surface area contributed by atoms with E-state index in [4.69, 9.17) is 0 Å². The maximum atomic E-state index is 13.1. The van der Waals surface area contributed by atoms with Crippen LogP contribution in [0.2, 0.25) is 0 Å². The van der Waals surface area contributed by atoms with Gasteiger partial charge < -0.3 is 4.98 Å². The third-order valence-corrected chi connectivity index (χ3v) is 4.25. The number of H-pyrrole nitrogens is 1. The van der Waals surface area contributed by atoms with Crippen molar-refractivity contribution >= 4 is 26.7 Å². The molecule has 0 unspecified atom stereocenters. The summed E-state index contributed by atoms with van der Waals surface area (Å²) < 4.78 is 52.5. The molecule has 3 aromatic rings. The van der Waals surface area contributed by atoms with Gasteiger partial charge in [-0.3, -0.25) is 4.72 Å². The second-order valence-corrected chi connectivity index (χ2v) is 6.00. The van der Waals surface area contributed by atoms with Crippen LogP contribution < -0.4 is 4.72 Å². The molecule has 108 valence electrons. The predicted octanol–water partition coefficient (Wildman–Crippen LogP) is 2.64. The summed E-state index contributed by atoms with van der Waals surface area (Å²) in [6, 6.07) is 7.11. The summed E-state index contributed by atoms with van der Waals surface area (Å²) in [4.78, 5) is 6.77. The molecule has 21 heavy (non-hydrogen) atoms. The van der Waals surface area contributed by atoms with Crippen molar-refractivity contribution in [2.45, 2.75) is 4.90 Å². The Bertz CT molecular complexity index is 922. The normalized spacial score (nSPS) is 11.7. The molecule has 0 amide bonds. The molecule has 8 heteroatoms. The summed E-state index contributed by atoms with van der Waals surface area (Å²) >= 11 is 0. The van der Waals surface area contributed by atoms with Gasteiger partial charge in [0.25, 0.3) is 10.0 Å². The van der Waals surface area contributed by atoms with Crippen molar-refractivity contribution < 1.29 is 17.2 Å². The van der Waals surface area contributed by atoms with Crippen LogP contribution in [-0.4, -0.2) is 18.4 Å².